The number of carbonyl (C=O) groups is 1. The van der Waals surface area contributed by atoms with Crippen LogP contribution in [0.3, 0.4) is 0 Å². The average molecular weight is 585 g/mol. The predicted molar refractivity (Wildman–Crippen MR) is 156 cm³/mol. The lowest BCUT2D eigenvalue weighted by Gasteiger charge is -2.59. The summed E-state index contributed by atoms with van der Waals surface area (Å²) < 4.78 is 26.5. The fourth-order valence-electron chi connectivity index (χ4n) is 8.98. The normalized spacial score (nSPS) is 48.4. The molecule has 2 saturated carbocycles. The van der Waals surface area contributed by atoms with Crippen molar-refractivity contribution in [1.82, 2.24) is 0 Å². The second-order valence-electron chi connectivity index (χ2n) is 13.7. The van der Waals surface area contributed by atoms with Crippen molar-refractivity contribution in [3.63, 3.8) is 0 Å². The molecule has 5 fully saturated rings. The van der Waals surface area contributed by atoms with Crippen LogP contribution in [0.1, 0.15) is 85.5 Å². The molecule has 232 valence electrons. The molecule has 3 aliphatic carbocycles. The molecule has 3 N–H and O–H groups in total. The highest BCUT2D eigenvalue weighted by molar-refractivity contribution is 6.05. The van der Waals surface area contributed by atoms with Gasteiger partial charge in [-0.15, -0.1) is 0 Å². The number of aliphatic hydroxyl groups is 3. The van der Waals surface area contributed by atoms with E-state index in [0.717, 1.165) is 18.4 Å². The summed E-state index contributed by atoms with van der Waals surface area (Å²) in [6.45, 7) is 11.6. The number of Topliss-reactive ketones (excluding diaryl/α,β-unsaturated/α-hetero) is 1. The lowest BCUT2D eigenvalue weighted by molar-refractivity contribution is -0.406. The van der Waals surface area contributed by atoms with E-state index >= 15 is 0 Å². The molecule has 3 aliphatic heterocycles. The third-order valence-corrected chi connectivity index (χ3v) is 11.2. The molecule has 0 unspecified atom stereocenters. The summed E-state index contributed by atoms with van der Waals surface area (Å²) in [4.78, 5) is 13.5. The highest BCUT2D eigenvalue weighted by atomic mass is 16.9. The number of aliphatic hydroxyl groups excluding tert-OH is 2. The van der Waals surface area contributed by atoms with Gasteiger partial charge in [0.2, 0.25) is 0 Å². The molecule has 42 heavy (non-hydrogen) atoms. The van der Waals surface area contributed by atoms with Gasteiger partial charge in [0, 0.05) is 17.9 Å². The fraction of sp³-hybridized carbons (Fsp3) is 0.735. The number of ketones is 1. The maximum absolute atomic E-state index is 13.5. The molecule has 0 aromatic carbocycles. The third-order valence-electron chi connectivity index (χ3n) is 11.2. The van der Waals surface area contributed by atoms with E-state index in [-0.39, 0.29) is 5.92 Å². The van der Waals surface area contributed by atoms with Crippen molar-refractivity contribution in [2.45, 2.75) is 132 Å². The summed E-state index contributed by atoms with van der Waals surface area (Å²) in [6, 6.07) is 0. The van der Waals surface area contributed by atoms with Gasteiger partial charge in [-0.25, -0.2) is 0 Å². The molecule has 3 saturated heterocycles. The zero-order chi connectivity index (χ0) is 30.1. The molecule has 0 aromatic heterocycles. The number of fused-ring (bicyclic) bond motifs is 3. The van der Waals surface area contributed by atoms with Gasteiger partial charge in [0.05, 0.1) is 12.2 Å². The molecule has 6 aliphatic rings. The monoisotopic (exact) mass is 584 g/mol. The largest absolute Gasteiger partial charge is 0.393 e. The zero-order valence-electron chi connectivity index (χ0n) is 25.5. The lowest BCUT2D eigenvalue weighted by Crippen LogP contribution is -2.72. The van der Waals surface area contributed by atoms with E-state index < -0.39 is 70.9 Å². The van der Waals surface area contributed by atoms with Crippen molar-refractivity contribution in [3.8, 4) is 0 Å². The van der Waals surface area contributed by atoms with Crippen molar-refractivity contribution in [2.24, 2.45) is 17.8 Å². The minimum Gasteiger partial charge on any atom is -0.393 e. The first kappa shape index (κ1) is 30.4. The van der Waals surface area contributed by atoms with Crippen LogP contribution in [0, 0.1) is 17.8 Å². The Morgan fingerprint density at radius 3 is 2.50 bits per heavy atom. The molecule has 11 atom stereocenters. The van der Waals surface area contributed by atoms with Crippen LogP contribution >= 0.6 is 0 Å². The maximum Gasteiger partial charge on any atom is 0.306 e. The molecule has 8 heteroatoms. The van der Waals surface area contributed by atoms with Gasteiger partial charge in [0.15, 0.2) is 11.4 Å². The number of rotatable bonds is 12. The van der Waals surface area contributed by atoms with Gasteiger partial charge < -0.3 is 34.3 Å². The standard InChI is InChI=1S/C34H48O8/c1-6-7-8-9-10-11-12-13-14-15-16-17-32-40-27-25-28-31(20-35,39-28)29(37)33(38)24(18-22(4)26(33)36)34(25,42-32)23(5)19-30(27,41-32)21(2)3/h14-18,23-25,27-29,35,37-38H,2,6-13,19-20H2,1,3-5H3/b15-14+,17-16+/t23-,24+,25+,27+,28-,29+,30+,31-,32+,33+,34-/m0/s1. The summed E-state index contributed by atoms with van der Waals surface area (Å²) in [5.74, 6) is -3.80. The lowest BCUT2D eigenvalue weighted by atomic mass is 9.54. The summed E-state index contributed by atoms with van der Waals surface area (Å²) in [5, 5.41) is 34.2. The van der Waals surface area contributed by atoms with Crippen LogP contribution in [-0.4, -0.2) is 74.4 Å². The quantitative estimate of drug-likeness (QED) is 0.134. The minimum absolute atomic E-state index is 0.236. The predicted octanol–water partition coefficient (Wildman–Crippen LogP) is 4.43. The molecule has 0 spiro atoms. The van der Waals surface area contributed by atoms with Crippen LogP contribution in [-0.2, 0) is 23.7 Å². The number of ether oxygens (including phenoxy) is 4. The van der Waals surface area contributed by atoms with Gasteiger partial charge in [-0.3, -0.25) is 4.79 Å². The van der Waals surface area contributed by atoms with E-state index in [0.29, 0.717) is 12.0 Å². The number of hydrogen-bond acceptors (Lipinski definition) is 8. The van der Waals surface area contributed by atoms with Gasteiger partial charge in [-0.1, -0.05) is 83.3 Å². The number of unbranched alkanes of at least 4 members (excludes halogenated alkanes) is 7. The molecule has 3 bridgehead atoms. The Morgan fingerprint density at radius 1 is 1.10 bits per heavy atom. The Labute approximate surface area is 249 Å². The Morgan fingerprint density at radius 2 is 1.81 bits per heavy atom. The van der Waals surface area contributed by atoms with Crippen LogP contribution in [0.25, 0.3) is 0 Å². The summed E-state index contributed by atoms with van der Waals surface area (Å²) >= 11 is 0. The number of carbonyl (C=O) groups excluding carboxylic acids is 1. The number of epoxide rings is 1. The Bertz CT molecular complexity index is 1210. The van der Waals surface area contributed by atoms with E-state index in [9.17, 15) is 20.1 Å². The molecule has 0 amide bonds. The van der Waals surface area contributed by atoms with Crippen LogP contribution < -0.4 is 0 Å². The van der Waals surface area contributed by atoms with Crippen molar-refractivity contribution in [3.05, 3.63) is 48.1 Å². The highest BCUT2D eigenvalue weighted by Crippen LogP contribution is 2.72. The van der Waals surface area contributed by atoms with Gasteiger partial charge in [0.1, 0.15) is 29.5 Å². The molecule has 0 aromatic rings. The molecular weight excluding hydrogens is 536 g/mol. The van der Waals surface area contributed by atoms with Crippen molar-refractivity contribution >= 4 is 5.78 Å². The van der Waals surface area contributed by atoms with E-state index in [4.69, 9.17) is 18.9 Å². The van der Waals surface area contributed by atoms with Gasteiger partial charge in [-0.05, 0) is 50.2 Å². The topological polar surface area (TPSA) is 118 Å². The molecule has 0 radical (unpaired) electrons. The number of allylic oxidation sites excluding steroid dienone is 3. The zero-order valence-corrected chi connectivity index (χ0v) is 25.5. The fourth-order valence-corrected chi connectivity index (χ4v) is 8.98. The van der Waals surface area contributed by atoms with E-state index in [1.165, 1.54) is 38.5 Å². The second-order valence-corrected chi connectivity index (χ2v) is 13.7. The van der Waals surface area contributed by atoms with Crippen molar-refractivity contribution in [2.75, 3.05) is 6.61 Å². The van der Waals surface area contributed by atoms with Gasteiger partial charge >= 0.3 is 5.97 Å². The summed E-state index contributed by atoms with van der Waals surface area (Å²) in [6.07, 6.45) is 16.9. The third kappa shape index (κ3) is 3.95. The highest BCUT2D eigenvalue weighted by Gasteiger charge is 2.88. The van der Waals surface area contributed by atoms with Crippen molar-refractivity contribution in [1.29, 1.82) is 0 Å². The first-order valence-electron chi connectivity index (χ1n) is 16.0. The smallest absolute Gasteiger partial charge is 0.306 e. The summed E-state index contributed by atoms with van der Waals surface area (Å²) in [7, 11) is 0. The molecule has 8 nitrogen and oxygen atoms in total. The Kier molecular flexibility index (Phi) is 7.57. The van der Waals surface area contributed by atoms with E-state index in [2.05, 4.69) is 19.6 Å². The Hall–Kier alpha value is -1.65. The maximum atomic E-state index is 13.5. The van der Waals surface area contributed by atoms with Gasteiger partial charge in [0.25, 0.3) is 0 Å². The molecular formula is C34H48O8. The van der Waals surface area contributed by atoms with Crippen LogP contribution in [0.2, 0.25) is 0 Å². The first-order chi connectivity index (χ1) is 20.0. The SMILES string of the molecule is C=C(C)[C@]12C[C@H](C)[C@@]34O[C@](/C=C/C=C/CCCCCCCCC)(O[C@@H]1[C@@H]3[C@@H]1O[C@]1(CO)[C@@H](O)[C@]1(O)C(=O)C(C)=C[C@H]14)O2. The van der Waals surface area contributed by atoms with Crippen LogP contribution in [0.5, 0.6) is 0 Å². The summed E-state index contributed by atoms with van der Waals surface area (Å²) in [5.41, 5.74) is -4.66. The minimum atomic E-state index is -2.22. The Balaban J connectivity index is 1.31. The average Bonchev–Trinajstić information content (AvgIpc) is 3.60. The number of hydrogen-bond donors (Lipinski definition) is 3. The molecule has 6 rings (SSSR count). The second kappa shape index (κ2) is 10.5. The van der Waals surface area contributed by atoms with Gasteiger partial charge in [-0.2, -0.15) is 0 Å². The van der Waals surface area contributed by atoms with Crippen LogP contribution in [0.15, 0.2) is 48.1 Å². The first-order valence-corrected chi connectivity index (χ1v) is 16.0. The van der Waals surface area contributed by atoms with Crippen LogP contribution in [0.4, 0.5) is 0 Å². The molecule has 3 heterocycles. The van der Waals surface area contributed by atoms with E-state index in [1.54, 1.807) is 19.1 Å². The van der Waals surface area contributed by atoms with E-state index in [1.807, 2.05) is 26.0 Å². The van der Waals surface area contributed by atoms with Crippen molar-refractivity contribution < 1.29 is 39.1 Å².